The standard InChI is InChI=1S/C46H52N2OS/c1-43(2,3)30-22-29(23-31(25-30)44(4,5)6)28-20-21-47-38(24-28)35-26-34(36(45(7,8)9)27-37(35)46(10,11)12)32-17-15-19-40-41(32)48-42(50-40)33-16-13-14-18-39(33)49/h13-27,49H,1-12H3. The molecular formula is C46H52N2OS. The van der Waals surface area contributed by atoms with Gasteiger partial charge in [0.15, 0.2) is 0 Å². The van der Waals surface area contributed by atoms with Crippen LogP contribution in [0.3, 0.4) is 0 Å². The molecule has 0 aliphatic heterocycles. The van der Waals surface area contributed by atoms with Crippen molar-refractivity contribution in [2.24, 2.45) is 0 Å². The molecule has 0 saturated carbocycles. The molecule has 0 radical (unpaired) electrons. The molecule has 0 saturated heterocycles. The molecule has 0 bridgehead atoms. The summed E-state index contributed by atoms with van der Waals surface area (Å²) in [6.45, 7) is 27.5. The van der Waals surface area contributed by atoms with E-state index in [0.29, 0.717) is 0 Å². The highest BCUT2D eigenvalue weighted by atomic mass is 32.1. The number of nitrogens with zero attached hydrogens (tertiary/aromatic N) is 2. The molecule has 3 nitrogen and oxygen atoms in total. The highest BCUT2D eigenvalue weighted by Crippen LogP contribution is 2.46. The van der Waals surface area contributed by atoms with Crippen LogP contribution in [0.15, 0.2) is 91.1 Å². The van der Waals surface area contributed by atoms with Crippen molar-refractivity contribution in [1.29, 1.82) is 0 Å². The fourth-order valence-corrected chi connectivity index (χ4v) is 7.66. The molecule has 258 valence electrons. The van der Waals surface area contributed by atoms with Gasteiger partial charge in [-0.15, -0.1) is 11.3 Å². The van der Waals surface area contributed by atoms with Crippen molar-refractivity contribution in [3.05, 3.63) is 113 Å². The minimum Gasteiger partial charge on any atom is -0.507 e. The average molecular weight is 681 g/mol. The summed E-state index contributed by atoms with van der Waals surface area (Å²) in [5.74, 6) is 0.244. The molecule has 50 heavy (non-hydrogen) atoms. The van der Waals surface area contributed by atoms with Crippen molar-refractivity contribution in [3.63, 3.8) is 0 Å². The van der Waals surface area contributed by atoms with Crippen LogP contribution in [0.25, 0.3) is 54.3 Å². The monoisotopic (exact) mass is 680 g/mol. The minimum absolute atomic E-state index is 0.0266. The number of rotatable bonds is 4. The van der Waals surface area contributed by atoms with Crippen LogP contribution in [0.1, 0.15) is 105 Å². The number of pyridine rings is 1. The summed E-state index contributed by atoms with van der Waals surface area (Å²) in [4.78, 5) is 10.2. The van der Waals surface area contributed by atoms with Gasteiger partial charge in [0.2, 0.25) is 0 Å². The molecule has 0 atom stereocenters. The van der Waals surface area contributed by atoms with Crippen molar-refractivity contribution in [3.8, 4) is 49.8 Å². The fourth-order valence-electron chi connectivity index (χ4n) is 6.63. The zero-order valence-corrected chi connectivity index (χ0v) is 32.7. The Morgan fingerprint density at radius 3 is 1.72 bits per heavy atom. The predicted molar refractivity (Wildman–Crippen MR) is 216 cm³/mol. The van der Waals surface area contributed by atoms with Crippen LogP contribution in [0.2, 0.25) is 0 Å². The lowest BCUT2D eigenvalue weighted by Crippen LogP contribution is -2.19. The molecule has 6 rings (SSSR count). The summed E-state index contributed by atoms with van der Waals surface area (Å²) >= 11 is 1.62. The van der Waals surface area contributed by atoms with Gasteiger partial charge >= 0.3 is 0 Å². The molecule has 0 aliphatic rings. The summed E-state index contributed by atoms with van der Waals surface area (Å²) < 4.78 is 1.09. The Hall–Kier alpha value is -4.28. The second-order valence-electron chi connectivity index (χ2n) is 17.9. The number of aromatic nitrogens is 2. The van der Waals surface area contributed by atoms with Crippen LogP contribution in [0.4, 0.5) is 0 Å². The van der Waals surface area contributed by atoms with Crippen molar-refractivity contribution >= 4 is 21.6 Å². The number of fused-ring (bicyclic) bond motifs is 1. The second kappa shape index (κ2) is 12.5. The van der Waals surface area contributed by atoms with E-state index in [1.807, 2.05) is 24.4 Å². The van der Waals surface area contributed by atoms with Gasteiger partial charge in [0.25, 0.3) is 0 Å². The van der Waals surface area contributed by atoms with Gasteiger partial charge < -0.3 is 5.11 Å². The summed E-state index contributed by atoms with van der Waals surface area (Å²) in [6, 6.07) is 30.2. The van der Waals surface area contributed by atoms with E-state index in [4.69, 9.17) is 9.97 Å². The highest BCUT2D eigenvalue weighted by Gasteiger charge is 2.29. The maximum absolute atomic E-state index is 10.7. The number of benzene rings is 4. The molecule has 4 aromatic carbocycles. The van der Waals surface area contributed by atoms with Crippen LogP contribution in [0, 0.1) is 0 Å². The van der Waals surface area contributed by atoms with Gasteiger partial charge in [0, 0.05) is 17.3 Å². The van der Waals surface area contributed by atoms with Crippen molar-refractivity contribution in [2.75, 3.05) is 0 Å². The van der Waals surface area contributed by atoms with Gasteiger partial charge in [0.05, 0.1) is 21.5 Å². The average Bonchev–Trinajstić information content (AvgIpc) is 3.47. The first-order valence-electron chi connectivity index (χ1n) is 17.7. The number of hydrogen-bond acceptors (Lipinski definition) is 4. The zero-order valence-electron chi connectivity index (χ0n) is 31.9. The van der Waals surface area contributed by atoms with Gasteiger partial charge in [-0.25, -0.2) is 4.98 Å². The lowest BCUT2D eigenvalue weighted by molar-refractivity contribution is 0.477. The van der Waals surface area contributed by atoms with E-state index >= 15 is 0 Å². The van der Waals surface area contributed by atoms with Crippen LogP contribution < -0.4 is 0 Å². The largest absolute Gasteiger partial charge is 0.507 e. The quantitative estimate of drug-likeness (QED) is 0.202. The van der Waals surface area contributed by atoms with E-state index < -0.39 is 0 Å². The highest BCUT2D eigenvalue weighted by molar-refractivity contribution is 7.21. The van der Waals surface area contributed by atoms with Gasteiger partial charge in [-0.05, 0) is 97.0 Å². The van der Waals surface area contributed by atoms with E-state index in [2.05, 4.69) is 144 Å². The number of hydrogen-bond donors (Lipinski definition) is 1. The SMILES string of the molecule is CC(C)(C)c1cc(-c2ccnc(-c3cc(-c4cccc5sc(-c6ccccc6O)nc45)c(C(C)(C)C)cc3C(C)(C)C)c2)cc(C(C)(C)C)c1. The molecule has 0 amide bonds. The first kappa shape index (κ1) is 35.5. The van der Waals surface area contributed by atoms with Gasteiger partial charge in [-0.1, -0.05) is 132 Å². The summed E-state index contributed by atoms with van der Waals surface area (Å²) in [6.07, 6.45) is 1.97. The summed E-state index contributed by atoms with van der Waals surface area (Å²) in [5.41, 5.74) is 13.5. The smallest absolute Gasteiger partial charge is 0.128 e. The number of aromatic hydroxyl groups is 1. The molecule has 0 spiro atoms. The van der Waals surface area contributed by atoms with Crippen LogP contribution in [0.5, 0.6) is 5.75 Å². The third-order valence-electron chi connectivity index (χ3n) is 9.65. The topological polar surface area (TPSA) is 46.0 Å². The first-order valence-corrected chi connectivity index (χ1v) is 18.5. The van der Waals surface area contributed by atoms with E-state index in [9.17, 15) is 5.11 Å². The van der Waals surface area contributed by atoms with E-state index in [1.165, 1.54) is 33.4 Å². The maximum Gasteiger partial charge on any atom is 0.128 e. The molecule has 6 aromatic rings. The molecule has 2 aromatic heterocycles. The van der Waals surface area contributed by atoms with Gasteiger partial charge in [0.1, 0.15) is 10.8 Å². The van der Waals surface area contributed by atoms with Crippen molar-refractivity contribution < 1.29 is 5.11 Å². The lowest BCUT2D eigenvalue weighted by atomic mass is 9.74. The van der Waals surface area contributed by atoms with Crippen molar-refractivity contribution in [1.82, 2.24) is 9.97 Å². The number of thiazole rings is 1. The Balaban J connectivity index is 1.60. The summed E-state index contributed by atoms with van der Waals surface area (Å²) in [7, 11) is 0. The molecule has 0 fully saturated rings. The maximum atomic E-state index is 10.7. The van der Waals surface area contributed by atoms with Gasteiger partial charge in [-0.2, -0.15) is 0 Å². The van der Waals surface area contributed by atoms with E-state index in [1.54, 1.807) is 17.4 Å². The first-order chi connectivity index (χ1) is 23.2. The predicted octanol–water partition coefficient (Wildman–Crippen LogP) is 13.3. The summed E-state index contributed by atoms with van der Waals surface area (Å²) in [5, 5.41) is 11.5. The third-order valence-corrected chi connectivity index (χ3v) is 10.7. The molecule has 2 heterocycles. The number of phenols is 1. The Morgan fingerprint density at radius 2 is 1.12 bits per heavy atom. The molecule has 0 aliphatic carbocycles. The third kappa shape index (κ3) is 7.01. The molecule has 1 N–H and O–H groups in total. The number of phenolic OH excluding ortho intramolecular Hbond substituents is 1. The molecular weight excluding hydrogens is 629 g/mol. The number of para-hydroxylation sites is 2. The second-order valence-corrected chi connectivity index (χ2v) is 18.9. The van der Waals surface area contributed by atoms with E-state index in [-0.39, 0.29) is 27.4 Å². The van der Waals surface area contributed by atoms with Crippen LogP contribution >= 0.6 is 11.3 Å². The Kier molecular flexibility index (Phi) is 8.88. The van der Waals surface area contributed by atoms with Gasteiger partial charge in [-0.3, -0.25) is 4.98 Å². The lowest BCUT2D eigenvalue weighted by Gasteiger charge is -2.30. The van der Waals surface area contributed by atoms with Crippen LogP contribution in [-0.2, 0) is 21.7 Å². The van der Waals surface area contributed by atoms with E-state index in [0.717, 1.165) is 43.2 Å². The molecule has 4 heteroatoms. The fraction of sp³-hybridized carbons (Fsp3) is 0.348. The molecule has 0 unspecified atom stereocenters. The Morgan fingerprint density at radius 1 is 0.520 bits per heavy atom. The Labute approximate surface area is 303 Å². The minimum atomic E-state index is -0.126. The van der Waals surface area contributed by atoms with Crippen molar-refractivity contribution in [2.45, 2.75) is 105 Å². The van der Waals surface area contributed by atoms with Crippen LogP contribution in [-0.4, -0.2) is 15.1 Å². The Bertz CT molecular complexity index is 2180. The normalized spacial score (nSPS) is 12.9. The zero-order chi connectivity index (χ0) is 36.4.